The Morgan fingerprint density at radius 3 is 2.47 bits per heavy atom. The molecule has 2 heterocycles. The average molecular weight is 484 g/mol. The van der Waals surface area contributed by atoms with Crippen molar-refractivity contribution in [2.24, 2.45) is 5.92 Å². The van der Waals surface area contributed by atoms with E-state index in [-0.39, 0.29) is 42.4 Å². The molecule has 1 unspecified atom stereocenters. The summed E-state index contributed by atoms with van der Waals surface area (Å²) in [6, 6.07) is 5.23. The van der Waals surface area contributed by atoms with E-state index in [1.54, 1.807) is 32.9 Å². The van der Waals surface area contributed by atoms with E-state index in [2.05, 4.69) is 25.3 Å². The van der Waals surface area contributed by atoms with E-state index in [0.717, 1.165) is 6.07 Å². The first kappa shape index (κ1) is 26.8. The molecule has 1 atom stereocenters. The lowest BCUT2D eigenvalue weighted by atomic mass is 10.1. The molecule has 0 aliphatic rings. The number of ether oxygens (including phenoxy) is 3. The second-order valence-electron chi connectivity index (χ2n) is 7.56. The van der Waals surface area contributed by atoms with E-state index in [1.165, 1.54) is 19.4 Å². The fraction of sp³-hybridized carbons (Fsp3) is 0.455. The van der Waals surface area contributed by atoms with Crippen LogP contribution in [0.2, 0.25) is 0 Å². The fourth-order valence-corrected chi connectivity index (χ4v) is 2.58. The largest absolute Gasteiger partial charge is 0.475 e. The number of carbonyl (C=O) groups excluding carboxylic acids is 2. The van der Waals surface area contributed by atoms with Gasteiger partial charge in [-0.1, -0.05) is 13.8 Å². The molecule has 2 amide bonds. The number of nitrogens with zero attached hydrogens (tertiary/aromatic N) is 2. The van der Waals surface area contributed by atoms with Crippen molar-refractivity contribution in [1.29, 1.82) is 0 Å². The lowest BCUT2D eigenvalue weighted by Gasteiger charge is -2.17. The third-order valence-electron chi connectivity index (χ3n) is 4.40. The van der Waals surface area contributed by atoms with E-state index < -0.39 is 24.7 Å². The van der Waals surface area contributed by atoms with Crippen LogP contribution in [0.3, 0.4) is 0 Å². The molecule has 12 heteroatoms. The molecule has 186 valence electrons. The molecule has 9 nitrogen and oxygen atoms in total. The van der Waals surface area contributed by atoms with Gasteiger partial charge in [-0.25, -0.2) is 4.98 Å². The molecule has 0 aliphatic heterocycles. The summed E-state index contributed by atoms with van der Waals surface area (Å²) in [6.45, 7) is 3.89. The van der Waals surface area contributed by atoms with Gasteiger partial charge in [-0.3, -0.25) is 9.59 Å². The van der Waals surface area contributed by atoms with Crippen molar-refractivity contribution in [2.75, 3.05) is 32.2 Å². The molecule has 2 aromatic rings. The minimum Gasteiger partial charge on any atom is -0.475 e. The topological polar surface area (TPSA) is 112 Å². The first-order valence-corrected chi connectivity index (χ1v) is 10.4. The fourth-order valence-electron chi connectivity index (χ4n) is 2.58. The van der Waals surface area contributed by atoms with E-state index in [4.69, 9.17) is 9.47 Å². The van der Waals surface area contributed by atoms with Crippen LogP contribution in [0, 0.1) is 5.92 Å². The molecule has 0 saturated carbocycles. The predicted octanol–water partition coefficient (Wildman–Crippen LogP) is 3.53. The number of rotatable bonds is 11. The quantitative estimate of drug-likeness (QED) is 0.470. The number of aromatic nitrogens is 2. The molecular formula is C22H27F3N4O5. The summed E-state index contributed by atoms with van der Waals surface area (Å²) in [6.07, 6.45) is -3.04. The third-order valence-corrected chi connectivity index (χ3v) is 4.40. The number of hydrogen-bond acceptors (Lipinski definition) is 7. The number of methoxy groups -OCH3 is 1. The van der Waals surface area contributed by atoms with Crippen molar-refractivity contribution in [1.82, 2.24) is 15.3 Å². The van der Waals surface area contributed by atoms with Crippen LogP contribution in [0.4, 0.5) is 19.0 Å². The van der Waals surface area contributed by atoms with Crippen LogP contribution in [-0.2, 0) is 9.53 Å². The third kappa shape index (κ3) is 8.50. The first-order valence-electron chi connectivity index (χ1n) is 10.4. The van der Waals surface area contributed by atoms with Gasteiger partial charge in [0.15, 0.2) is 6.61 Å². The number of hydrogen-bond donors (Lipinski definition) is 2. The molecule has 0 fully saturated rings. The number of alkyl halides is 3. The van der Waals surface area contributed by atoms with Gasteiger partial charge < -0.3 is 24.8 Å². The van der Waals surface area contributed by atoms with Crippen LogP contribution >= 0.6 is 0 Å². The van der Waals surface area contributed by atoms with E-state index >= 15 is 0 Å². The Labute approximate surface area is 195 Å². The summed E-state index contributed by atoms with van der Waals surface area (Å²) < 4.78 is 52.3. The van der Waals surface area contributed by atoms with Crippen molar-refractivity contribution in [3.63, 3.8) is 0 Å². The zero-order valence-electron chi connectivity index (χ0n) is 19.2. The van der Waals surface area contributed by atoms with Crippen molar-refractivity contribution in [3.05, 3.63) is 41.6 Å². The van der Waals surface area contributed by atoms with Gasteiger partial charge in [0.25, 0.3) is 5.91 Å². The van der Waals surface area contributed by atoms with Gasteiger partial charge in [0.1, 0.15) is 18.0 Å². The van der Waals surface area contributed by atoms with Gasteiger partial charge in [0.05, 0.1) is 12.6 Å². The zero-order chi connectivity index (χ0) is 25.3. The number of pyridine rings is 2. The highest BCUT2D eigenvalue weighted by Gasteiger charge is 2.29. The number of nitrogens with one attached hydrogen (secondary N) is 2. The van der Waals surface area contributed by atoms with Gasteiger partial charge in [-0.05, 0) is 30.7 Å². The summed E-state index contributed by atoms with van der Waals surface area (Å²) in [5, 5.41) is 5.46. The molecule has 34 heavy (non-hydrogen) atoms. The Kier molecular flexibility index (Phi) is 9.60. The maximum Gasteiger partial charge on any atom is 0.422 e. The molecule has 2 rings (SSSR count). The number of amides is 2. The Balaban J connectivity index is 2.17. The monoisotopic (exact) mass is 484 g/mol. The standard InChI is InChI=1S/C22H27F3N4O5/c1-13(2)19(30)28-17-11-15(7-8-26-17)14(3)27-20(31)16-5-6-18(34-12-22(23,24)25)29-21(16)33-10-9-32-4/h5-8,11,13-14H,9-10,12H2,1-4H3,(H,27,31)(H,26,28,30). The molecule has 2 N–H and O–H groups in total. The predicted molar refractivity (Wildman–Crippen MR) is 117 cm³/mol. The highest BCUT2D eigenvalue weighted by molar-refractivity contribution is 5.96. The normalized spacial score (nSPS) is 12.2. The molecule has 0 bridgehead atoms. The van der Waals surface area contributed by atoms with Crippen LogP contribution in [0.25, 0.3) is 0 Å². The van der Waals surface area contributed by atoms with E-state index in [1.807, 2.05) is 0 Å². The maximum atomic E-state index is 12.9. The van der Waals surface area contributed by atoms with Crippen LogP contribution in [0.5, 0.6) is 11.8 Å². The molecular weight excluding hydrogens is 457 g/mol. The van der Waals surface area contributed by atoms with E-state index in [0.29, 0.717) is 11.4 Å². The number of anilines is 1. The molecule has 0 aliphatic carbocycles. The Morgan fingerprint density at radius 2 is 1.82 bits per heavy atom. The molecule has 0 aromatic carbocycles. The van der Waals surface area contributed by atoms with Crippen LogP contribution in [0.1, 0.15) is 42.7 Å². The Morgan fingerprint density at radius 1 is 1.09 bits per heavy atom. The van der Waals surface area contributed by atoms with E-state index in [9.17, 15) is 22.8 Å². The van der Waals surface area contributed by atoms with Gasteiger partial charge in [-0.15, -0.1) is 0 Å². The molecule has 2 aromatic heterocycles. The lowest BCUT2D eigenvalue weighted by molar-refractivity contribution is -0.154. The summed E-state index contributed by atoms with van der Waals surface area (Å²) in [5.74, 6) is -1.18. The highest BCUT2D eigenvalue weighted by Crippen LogP contribution is 2.24. The van der Waals surface area contributed by atoms with Crippen LogP contribution in [0.15, 0.2) is 30.5 Å². The van der Waals surface area contributed by atoms with Crippen LogP contribution in [-0.4, -0.2) is 54.9 Å². The minimum atomic E-state index is -4.54. The SMILES string of the molecule is COCCOc1nc(OCC(F)(F)F)ccc1C(=O)NC(C)c1ccnc(NC(=O)C(C)C)c1. The minimum absolute atomic E-state index is 0.00435. The molecule has 0 radical (unpaired) electrons. The van der Waals surface area contributed by atoms with Crippen molar-refractivity contribution >= 4 is 17.6 Å². The zero-order valence-corrected chi connectivity index (χ0v) is 19.2. The van der Waals surface area contributed by atoms with Crippen LogP contribution < -0.4 is 20.1 Å². The number of carbonyl (C=O) groups is 2. The van der Waals surface area contributed by atoms with Gasteiger partial charge in [0, 0.05) is 25.3 Å². The van der Waals surface area contributed by atoms with Gasteiger partial charge in [0.2, 0.25) is 17.7 Å². The Hall–Kier alpha value is -3.41. The van der Waals surface area contributed by atoms with Crippen molar-refractivity contribution in [2.45, 2.75) is 33.0 Å². The second kappa shape index (κ2) is 12.2. The molecule has 0 saturated heterocycles. The van der Waals surface area contributed by atoms with Crippen molar-refractivity contribution in [3.8, 4) is 11.8 Å². The summed E-state index contributed by atoms with van der Waals surface area (Å²) in [7, 11) is 1.45. The first-order chi connectivity index (χ1) is 16.0. The summed E-state index contributed by atoms with van der Waals surface area (Å²) in [4.78, 5) is 32.8. The van der Waals surface area contributed by atoms with Gasteiger partial charge in [-0.2, -0.15) is 18.2 Å². The molecule has 0 spiro atoms. The lowest BCUT2D eigenvalue weighted by Crippen LogP contribution is -2.28. The van der Waals surface area contributed by atoms with Gasteiger partial charge >= 0.3 is 6.18 Å². The summed E-state index contributed by atoms with van der Waals surface area (Å²) in [5.41, 5.74) is 0.673. The number of halogens is 3. The summed E-state index contributed by atoms with van der Waals surface area (Å²) >= 11 is 0. The average Bonchev–Trinajstić information content (AvgIpc) is 2.77. The Bertz CT molecular complexity index is 985. The second-order valence-corrected chi connectivity index (χ2v) is 7.56. The highest BCUT2D eigenvalue weighted by atomic mass is 19.4. The maximum absolute atomic E-state index is 12.9. The smallest absolute Gasteiger partial charge is 0.422 e. The van der Waals surface area contributed by atoms with Crippen molar-refractivity contribution < 1.29 is 37.0 Å².